The average Bonchev–Trinajstić information content (AvgIpc) is 2.38. The lowest BCUT2D eigenvalue weighted by atomic mass is 10.3. The van der Waals surface area contributed by atoms with Gasteiger partial charge in [0, 0.05) is 12.2 Å². The number of unbranched alkanes of at least 4 members (excludes halogenated alkanes) is 1. The molecule has 1 aromatic rings. The molecule has 6 nitrogen and oxygen atoms in total. The maximum absolute atomic E-state index is 11.4. The summed E-state index contributed by atoms with van der Waals surface area (Å²) in [5, 5.41) is 4.76. The van der Waals surface area contributed by atoms with Crippen molar-refractivity contribution in [3.05, 3.63) is 24.3 Å². The zero-order valence-electron chi connectivity index (χ0n) is 10.9. The van der Waals surface area contributed by atoms with Crippen LogP contribution in [0, 0.1) is 0 Å². The summed E-state index contributed by atoms with van der Waals surface area (Å²) in [7, 11) is 0. The van der Waals surface area contributed by atoms with Crippen LogP contribution >= 0.6 is 0 Å². The van der Waals surface area contributed by atoms with Gasteiger partial charge in [-0.05, 0) is 30.7 Å². The Morgan fingerprint density at radius 3 is 2.58 bits per heavy atom. The number of urea groups is 1. The molecule has 0 aromatic heterocycles. The molecule has 6 heteroatoms. The number of hydrogen-bond acceptors (Lipinski definition) is 4. The van der Waals surface area contributed by atoms with Crippen LogP contribution in [0.4, 0.5) is 10.5 Å². The normalized spacial score (nSPS) is 9.74. The van der Waals surface area contributed by atoms with Crippen LogP contribution in [0.5, 0.6) is 5.75 Å². The third-order valence-electron chi connectivity index (χ3n) is 2.32. The second-order valence-corrected chi connectivity index (χ2v) is 4.02. The van der Waals surface area contributed by atoms with E-state index in [2.05, 4.69) is 10.6 Å². The minimum Gasteiger partial charge on any atom is -0.484 e. The number of imide groups is 1. The summed E-state index contributed by atoms with van der Waals surface area (Å²) in [4.78, 5) is 22.7. The largest absolute Gasteiger partial charge is 0.484 e. The summed E-state index contributed by atoms with van der Waals surface area (Å²) in [6.45, 7) is 2.35. The molecule has 1 rings (SSSR count). The molecular weight excluding hydrogens is 246 g/mol. The van der Waals surface area contributed by atoms with E-state index in [1.54, 1.807) is 24.3 Å². The van der Waals surface area contributed by atoms with Crippen LogP contribution in [0.2, 0.25) is 0 Å². The van der Waals surface area contributed by atoms with E-state index in [9.17, 15) is 9.59 Å². The minimum atomic E-state index is -0.501. The van der Waals surface area contributed by atoms with Crippen LogP contribution in [0.1, 0.15) is 19.8 Å². The fraction of sp³-hybridized carbons (Fsp3) is 0.385. The van der Waals surface area contributed by atoms with Gasteiger partial charge in [-0.1, -0.05) is 13.3 Å². The molecule has 0 heterocycles. The monoisotopic (exact) mass is 265 g/mol. The van der Waals surface area contributed by atoms with E-state index in [1.807, 2.05) is 6.92 Å². The molecule has 0 aliphatic heterocycles. The first-order valence-corrected chi connectivity index (χ1v) is 6.18. The fourth-order valence-electron chi connectivity index (χ4n) is 1.30. The molecule has 0 aliphatic rings. The van der Waals surface area contributed by atoms with Crippen molar-refractivity contribution in [2.24, 2.45) is 0 Å². The van der Waals surface area contributed by atoms with E-state index in [0.717, 1.165) is 12.8 Å². The molecule has 0 aliphatic carbocycles. The Bertz CT molecular complexity index is 418. The van der Waals surface area contributed by atoms with Gasteiger partial charge in [0.2, 0.25) is 0 Å². The van der Waals surface area contributed by atoms with Crippen molar-refractivity contribution in [2.45, 2.75) is 19.8 Å². The molecule has 0 atom stereocenters. The molecule has 0 spiro atoms. The van der Waals surface area contributed by atoms with Crippen LogP contribution < -0.4 is 21.1 Å². The first-order valence-electron chi connectivity index (χ1n) is 6.18. The third kappa shape index (κ3) is 6.30. The molecule has 0 saturated heterocycles. The van der Waals surface area contributed by atoms with Crippen molar-refractivity contribution in [1.29, 1.82) is 0 Å². The number of amides is 3. The summed E-state index contributed by atoms with van der Waals surface area (Å²) in [5.74, 6) is 0.0292. The standard InChI is InChI=1S/C13H19N3O3/c1-2-3-8-15-13(18)16-12(17)9-19-11-6-4-10(14)5-7-11/h4-7H,2-3,8-9,14H2,1H3,(H2,15,16,17,18). The molecule has 0 bridgehead atoms. The lowest BCUT2D eigenvalue weighted by Gasteiger charge is -2.07. The number of nitrogen functional groups attached to an aromatic ring is 1. The zero-order valence-corrected chi connectivity index (χ0v) is 10.9. The van der Waals surface area contributed by atoms with Crippen molar-refractivity contribution >= 4 is 17.6 Å². The van der Waals surface area contributed by atoms with Gasteiger partial charge in [0.25, 0.3) is 5.91 Å². The molecule has 1 aromatic carbocycles. The third-order valence-corrected chi connectivity index (χ3v) is 2.32. The predicted molar refractivity (Wildman–Crippen MR) is 72.8 cm³/mol. The quantitative estimate of drug-likeness (QED) is 0.533. The number of benzene rings is 1. The van der Waals surface area contributed by atoms with Crippen LogP contribution in [-0.4, -0.2) is 25.1 Å². The lowest BCUT2D eigenvalue weighted by molar-refractivity contribution is -0.122. The van der Waals surface area contributed by atoms with E-state index in [4.69, 9.17) is 10.5 Å². The van der Waals surface area contributed by atoms with Crippen LogP contribution in [0.15, 0.2) is 24.3 Å². The molecule has 104 valence electrons. The predicted octanol–water partition coefficient (Wildman–Crippen LogP) is 1.27. The van der Waals surface area contributed by atoms with E-state index < -0.39 is 11.9 Å². The highest BCUT2D eigenvalue weighted by Gasteiger charge is 2.07. The Morgan fingerprint density at radius 2 is 1.95 bits per heavy atom. The maximum atomic E-state index is 11.4. The summed E-state index contributed by atoms with van der Waals surface area (Å²) in [5.41, 5.74) is 6.14. The van der Waals surface area contributed by atoms with Gasteiger partial charge in [0.1, 0.15) is 5.75 Å². The molecule has 0 unspecified atom stereocenters. The summed E-state index contributed by atoms with van der Waals surface area (Å²) in [6.07, 6.45) is 1.86. The van der Waals surface area contributed by atoms with Crippen molar-refractivity contribution < 1.29 is 14.3 Å². The Balaban J connectivity index is 2.24. The van der Waals surface area contributed by atoms with Gasteiger partial charge in [-0.25, -0.2) is 4.79 Å². The Labute approximate surface area is 112 Å². The first-order chi connectivity index (χ1) is 9.11. The number of hydrogen-bond donors (Lipinski definition) is 3. The number of rotatable bonds is 6. The molecule has 19 heavy (non-hydrogen) atoms. The number of carbonyl (C=O) groups excluding carboxylic acids is 2. The van der Waals surface area contributed by atoms with E-state index in [-0.39, 0.29) is 6.61 Å². The Morgan fingerprint density at radius 1 is 1.26 bits per heavy atom. The van der Waals surface area contributed by atoms with Crippen molar-refractivity contribution in [2.75, 3.05) is 18.9 Å². The fourth-order valence-corrected chi connectivity index (χ4v) is 1.30. The van der Waals surface area contributed by atoms with Gasteiger partial charge in [0.15, 0.2) is 6.61 Å². The van der Waals surface area contributed by atoms with E-state index in [0.29, 0.717) is 18.0 Å². The second-order valence-electron chi connectivity index (χ2n) is 4.02. The Kier molecular flexibility index (Phi) is 6.21. The zero-order chi connectivity index (χ0) is 14.1. The molecular formula is C13H19N3O3. The van der Waals surface area contributed by atoms with Crippen LogP contribution in [-0.2, 0) is 4.79 Å². The number of ether oxygens (including phenoxy) is 1. The molecule has 0 fully saturated rings. The highest BCUT2D eigenvalue weighted by molar-refractivity contribution is 5.94. The van der Waals surface area contributed by atoms with E-state index >= 15 is 0 Å². The van der Waals surface area contributed by atoms with Crippen molar-refractivity contribution in [3.8, 4) is 5.75 Å². The molecule has 0 radical (unpaired) electrons. The van der Waals surface area contributed by atoms with Gasteiger partial charge < -0.3 is 15.8 Å². The summed E-state index contributed by atoms with van der Waals surface area (Å²) in [6, 6.07) is 6.16. The number of nitrogens with one attached hydrogen (secondary N) is 2. The summed E-state index contributed by atoms with van der Waals surface area (Å²) >= 11 is 0. The van der Waals surface area contributed by atoms with Gasteiger partial charge in [0.05, 0.1) is 0 Å². The van der Waals surface area contributed by atoms with Gasteiger partial charge in [-0.2, -0.15) is 0 Å². The van der Waals surface area contributed by atoms with E-state index in [1.165, 1.54) is 0 Å². The first kappa shape index (κ1) is 14.8. The van der Waals surface area contributed by atoms with Crippen LogP contribution in [0.25, 0.3) is 0 Å². The van der Waals surface area contributed by atoms with Crippen molar-refractivity contribution in [3.63, 3.8) is 0 Å². The van der Waals surface area contributed by atoms with Crippen molar-refractivity contribution in [1.82, 2.24) is 10.6 Å². The van der Waals surface area contributed by atoms with Gasteiger partial charge in [-0.15, -0.1) is 0 Å². The van der Waals surface area contributed by atoms with Crippen LogP contribution in [0.3, 0.4) is 0 Å². The van der Waals surface area contributed by atoms with Gasteiger partial charge in [-0.3, -0.25) is 10.1 Å². The second kappa shape index (κ2) is 7.97. The average molecular weight is 265 g/mol. The highest BCUT2D eigenvalue weighted by Crippen LogP contribution is 2.12. The molecule has 3 amide bonds. The Hall–Kier alpha value is -2.24. The highest BCUT2D eigenvalue weighted by atomic mass is 16.5. The SMILES string of the molecule is CCCCNC(=O)NC(=O)COc1ccc(N)cc1. The lowest BCUT2D eigenvalue weighted by Crippen LogP contribution is -2.41. The smallest absolute Gasteiger partial charge is 0.321 e. The number of nitrogens with two attached hydrogens (primary N) is 1. The number of carbonyl (C=O) groups is 2. The number of anilines is 1. The molecule has 0 saturated carbocycles. The van der Waals surface area contributed by atoms with Gasteiger partial charge >= 0.3 is 6.03 Å². The molecule has 4 N–H and O–H groups in total. The topological polar surface area (TPSA) is 93.5 Å². The summed E-state index contributed by atoms with van der Waals surface area (Å²) < 4.78 is 5.20. The maximum Gasteiger partial charge on any atom is 0.321 e. The minimum absolute atomic E-state index is 0.217.